The molecule has 0 aliphatic rings. The van der Waals surface area contributed by atoms with Gasteiger partial charge in [0.05, 0.1) is 10.7 Å². The van der Waals surface area contributed by atoms with Crippen molar-refractivity contribution in [1.82, 2.24) is 0 Å². The molecule has 2 aromatic carbocycles. The fraction of sp³-hybridized carbons (Fsp3) is 0. The summed E-state index contributed by atoms with van der Waals surface area (Å²) >= 11 is 5.61. The SMILES string of the molecule is Nc1ccc(N)c(Cl)c1.Nc1ccc(N)cc1. The van der Waals surface area contributed by atoms with Crippen LogP contribution in [0.15, 0.2) is 42.5 Å². The third-order valence-electron chi connectivity index (χ3n) is 1.96. The lowest BCUT2D eigenvalue weighted by molar-refractivity contribution is 1.66. The second kappa shape index (κ2) is 5.86. The molecule has 0 radical (unpaired) electrons. The summed E-state index contributed by atoms with van der Waals surface area (Å²) in [6.07, 6.45) is 0. The number of benzene rings is 2. The van der Waals surface area contributed by atoms with Crippen molar-refractivity contribution in [1.29, 1.82) is 0 Å². The molecule has 4 nitrogen and oxygen atoms in total. The van der Waals surface area contributed by atoms with Gasteiger partial charge in [-0.3, -0.25) is 0 Å². The van der Waals surface area contributed by atoms with Crippen LogP contribution in [0.4, 0.5) is 22.7 Å². The van der Waals surface area contributed by atoms with E-state index < -0.39 is 0 Å². The lowest BCUT2D eigenvalue weighted by Gasteiger charge is -1.96. The summed E-state index contributed by atoms with van der Waals surface area (Å²) in [4.78, 5) is 0. The summed E-state index contributed by atoms with van der Waals surface area (Å²) in [5.41, 5.74) is 24.2. The van der Waals surface area contributed by atoms with Gasteiger partial charge in [0.15, 0.2) is 0 Å². The molecule has 0 aliphatic carbocycles. The van der Waals surface area contributed by atoms with Gasteiger partial charge in [0.2, 0.25) is 0 Å². The van der Waals surface area contributed by atoms with Crippen LogP contribution in [0.3, 0.4) is 0 Å². The topological polar surface area (TPSA) is 104 Å². The molecule has 0 aromatic heterocycles. The maximum Gasteiger partial charge on any atom is 0.0655 e. The first-order chi connectivity index (χ1) is 7.99. The fourth-order valence-electron chi connectivity index (χ4n) is 1.04. The summed E-state index contributed by atoms with van der Waals surface area (Å²) in [5, 5.41) is 0.509. The van der Waals surface area contributed by atoms with Crippen molar-refractivity contribution in [2.45, 2.75) is 0 Å². The Labute approximate surface area is 105 Å². The van der Waals surface area contributed by atoms with Crippen LogP contribution in [0.5, 0.6) is 0 Å². The van der Waals surface area contributed by atoms with Gasteiger partial charge in [0, 0.05) is 17.1 Å². The predicted molar refractivity (Wildman–Crippen MR) is 75.5 cm³/mol. The molecule has 5 heteroatoms. The van der Waals surface area contributed by atoms with E-state index in [1.807, 2.05) is 0 Å². The minimum atomic E-state index is 0.509. The molecule has 0 aliphatic heterocycles. The standard InChI is InChI=1S/C6H7ClN2.C6H8N2/c7-5-3-4(8)1-2-6(5)9;7-5-1-2-6(8)4-3-5/h1-3H,8-9H2;1-4H,7-8H2. The molecule has 0 amide bonds. The van der Waals surface area contributed by atoms with Crippen LogP contribution in [-0.2, 0) is 0 Å². The lowest BCUT2D eigenvalue weighted by Crippen LogP contribution is -1.88. The molecule has 2 rings (SSSR count). The molecular weight excluding hydrogens is 236 g/mol. The Morgan fingerprint density at radius 1 is 0.647 bits per heavy atom. The average molecular weight is 251 g/mol. The summed E-state index contributed by atoms with van der Waals surface area (Å²) in [7, 11) is 0. The molecule has 0 saturated carbocycles. The monoisotopic (exact) mass is 250 g/mol. The number of rotatable bonds is 0. The molecule has 0 bridgehead atoms. The van der Waals surface area contributed by atoms with Gasteiger partial charge in [-0.1, -0.05) is 11.6 Å². The first-order valence-electron chi connectivity index (χ1n) is 4.90. The van der Waals surface area contributed by atoms with E-state index >= 15 is 0 Å². The largest absolute Gasteiger partial charge is 0.399 e. The second-order valence-corrected chi connectivity index (χ2v) is 3.85. The minimum Gasteiger partial charge on any atom is -0.399 e. The first-order valence-corrected chi connectivity index (χ1v) is 5.28. The fourth-order valence-corrected chi connectivity index (χ4v) is 1.23. The summed E-state index contributed by atoms with van der Waals surface area (Å²) < 4.78 is 0. The Morgan fingerprint density at radius 3 is 1.41 bits per heavy atom. The van der Waals surface area contributed by atoms with Gasteiger partial charge in [-0.15, -0.1) is 0 Å². The molecule has 17 heavy (non-hydrogen) atoms. The third kappa shape index (κ3) is 4.53. The molecule has 8 N–H and O–H groups in total. The molecule has 0 atom stereocenters. The van der Waals surface area contributed by atoms with Gasteiger partial charge in [-0.05, 0) is 42.5 Å². The Hall–Kier alpha value is -2.07. The first kappa shape index (κ1) is 13.0. The van der Waals surface area contributed by atoms with Crippen molar-refractivity contribution in [3.05, 3.63) is 47.5 Å². The number of nitrogens with two attached hydrogens (primary N) is 4. The quantitative estimate of drug-likeness (QED) is 0.539. The number of halogens is 1. The molecule has 0 fully saturated rings. The smallest absolute Gasteiger partial charge is 0.0655 e. The van der Waals surface area contributed by atoms with Crippen LogP contribution in [0.25, 0.3) is 0 Å². The van der Waals surface area contributed by atoms with Crippen molar-refractivity contribution in [3.63, 3.8) is 0 Å². The molecule has 0 unspecified atom stereocenters. The van der Waals surface area contributed by atoms with Crippen LogP contribution >= 0.6 is 11.6 Å². The Balaban J connectivity index is 0.000000171. The average Bonchev–Trinajstić information content (AvgIpc) is 2.29. The van der Waals surface area contributed by atoms with E-state index in [2.05, 4.69) is 0 Å². The Morgan fingerprint density at radius 2 is 1.06 bits per heavy atom. The van der Waals surface area contributed by atoms with Gasteiger partial charge < -0.3 is 22.9 Å². The van der Waals surface area contributed by atoms with Crippen molar-refractivity contribution >= 4 is 34.4 Å². The van der Waals surface area contributed by atoms with Crippen LogP contribution in [-0.4, -0.2) is 0 Å². The number of anilines is 4. The van der Waals surface area contributed by atoms with Crippen LogP contribution in [0.1, 0.15) is 0 Å². The highest BCUT2D eigenvalue weighted by molar-refractivity contribution is 6.33. The molecule has 0 spiro atoms. The number of hydrogen-bond acceptors (Lipinski definition) is 4. The van der Waals surface area contributed by atoms with E-state index in [9.17, 15) is 0 Å². The van der Waals surface area contributed by atoms with Crippen molar-refractivity contribution < 1.29 is 0 Å². The van der Waals surface area contributed by atoms with Crippen molar-refractivity contribution in [2.24, 2.45) is 0 Å². The van der Waals surface area contributed by atoms with Gasteiger partial charge in [0.25, 0.3) is 0 Å². The van der Waals surface area contributed by atoms with E-state index in [4.69, 9.17) is 34.5 Å². The summed E-state index contributed by atoms with van der Waals surface area (Å²) in [6.45, 7) is 0. The molecular formula is C12H15ClN4. The number of nitrogen functional groups attached to an aromatic ring is 4. The van der Waals surface area contributed by atoms with Gasteiger partial charge in [0.1, 0.15) is 0 Å². The van der Waals surface area contributed by atoms with Gasteiger partial charge in [-0.2, -0.15) is 0 Å². The van der Waals surface area contributed by atoms with Crippen LogP contribution in [0.2, 0.25) is 5.02 Å². The Bertz CT molecular complexity index is 461. The zero-order chi connectivity index (χ0) is 12.8. The lowest BCUT2D eigenvalue weighted by atomic mass is 10.3. The highest BCUT2D eigenvalue weighted by Gasteiger charge is 1.92. The Kier molecular flexibility index (Phi) is 4.48. The number of hydrogen-bond donors (Lipinski definition) is 4. The van der Waals surface area contributed by atoms with Gasteiger partial charge >= 0.3 is 0 Å². The molecule has 2 aromatic rings. The minimum absolute atomic E-state index is 0.509. The molecule has 90 valence electrons. The summed E-state index contributed by atoms with van der Waals surface area (Å²) in [6, 6.07) is 12.1. The van der Waals surface area contributed by atoms with Crippen LogP contribution < -0.4 is 22.9 Å². The predicted octanol–water partition coefficient (Wildman–Crippen LogP) is 2.36. The van der Waals surface area contributed by atoms with E-state index in [0.29, 0.717) is 16.4 Å². The van der Waals surface area contributed by atoms with E-state index in [-0.39, 0.29) is 0 Å². The zero-order valence-corrected chi connectivity index (χ0v) is 9.98. The van der Waals surface area contributed by atoms with E-state index in [0.717, 1.165) is 11.4 Å². The molecule has 0 heterocycles. The normalized spacial score (nSPS) is 9.24. The zero-order valence-electron chi connectivity index (χ0n) is 9.23. The van der Waals surface area contributed by atoms with Gasteiger partial charge in [-0.25, -0.2) is 0 Å². The maximum atomic E-state index is 5.61. The second-order valence-electron chi connectivity index (χ2n) is 3.45. The van der Waals surface area contributed by atoms with E-state index in [1.165, 1.54) is 0 Å². The van der Waals surface area contributed by atoms with Crippen molar-refractivity contribution in [3.8, 4) is 0 Å². The third-order valence-corrected chi connectivity index (χ3v) is 2.29. The highest BCUT2D eigenvalue weighted by atomic mass is 35.5. The highest BCUT2D eigenvalue weighted by Crippen LogP contribution is 2.20. The van der Waals surface area contributed by atoms with E-state index in [1.54, 1.807) is 42.5 Å². The van der Waals surface area contributed by atoms with Crippen molar-refractivity contribution in [2.75, 3.05) is 22.9 Å². The maximum absolute atomic E-state index is 5.61. The van der Waals surface area contributed by atoms with Crippen LogP contribution in [0, 0.1) is 0 Å². The molecule has 0 saturated heterocycles. The summed E-state index contributed by atoms with van der Waals surface area (Å²) in [5.74, 6) is 0.